The average molecular weight is 300 g/mol. The molecule has 1 fully saturated rings. The van der Waals surface area contributed by atoms with Crippen molar-refractivity contribution in [2.75, 3.05) is 13.1 Å². The highest BCUT2D eigenvalue weighted by Gasteiger charge is 2.31. The molecule has 1 aliphatic rings. The van der Waals surface area contributed by atoms with E-state index in [1.807, 2.05) is 24.3 Å². The van der Waals surface area contributed by atoms with Crippen LogP contribution in [0.15, 0.2) is 28.7 Å². The SMILES string of the molecule is O=C(O)N1CCC(O)C(c2ccc(Br)cc2)C1. The van der Waals surface area contributed by atoms with Crippen LogP contribution in [0.1, 0.15) is 17.9 Å². The van der Waals surface area contributed by atoms with Crippen LogP contribution in [0.5, 0.6) is 0 Å². The molecule has 5 heteroatoms. The molecule has 17 heavy (non-hydrogen) atoms. The van der Waals surface area contributed by atoms with E-state index in [9.17, 15) is 9.90 Å². The molecule has 0 saturated carbocycles. The zero-order chi connectivity index (χ0) is 12.4. The molecule has 1 aromatic rings. The Morgan fingerprint density at radius 3 is 2.59 bits per heavy atom. The topological polar surface area (TPSA) is 60.8 Å². The van der Waals surface area contributed by atoms with Crippen LogP contribution in [0.25, 0.3) is 0 Å². The van der Waals surface area contributed by atoms with Gasteiger partial charge in [0.25, 0.3) is 0 Å². The van der Waals surface area contributed by atoms with Gasteiger partial charge in [-0.25, -0.2) is 4.79 Å². The first-order chi connectivity index (χ1) is 8.08. The number of piperidine rings is 1. The van der Waals surface area contributed by atoms with Gasteiger partial charge in [-0.15, -0.1) is 0 Å². The van der Waals surface area contributed by atoms with E-state index in [1.165, 1.54) is 4.90 Å². The number of benzene rings is 1. The highest BCUT2D eigenvalue weighted by molar-refractivity contribution is 9.10. The van der Waals surface area contributed by atoms with Gasteiger partial charge in [-0.3, -0.25) is 0 Å². The highest BCUT2D eigenvalue weighted by Crippen LogP contribution is 2.28. The van der Waals surface area contributed by atoms with Crippen molar-refractivity contribution in [1.82, 2.24) is 4.90 Å². The van der Waals surface area contributed by atoms with Crippen LogP contribution in [0.2, 0.25) is 0 Å². The molecule has 2 N–H and O–H groups in total. The zero-order valence-electron chi connectivity index (χ0n) is 9.21. The van der Waals surface area contributed by atoms with Crippen molar-refractivity contribution in [2.45, 2.75) is 18.4 Å². The minimum absolute atomic E-state index is 0.132. The van der Waals surface area contributed by atoms with Gasteiger partial charge in [0.15, 0.2) is 0 Å². The summed E-state index contributed by atoms with van der Waals surface area (Å²) < 4.78 is 0.974. The van der Waals surface area contributed by atoms with Gasteiger partial charge in [0, 0.05) is 23.5 Å². The van der Waals surface area contributed by atoms with Crippen molar-refractivity contribution in [3.05, 3.63) is 34.3 Å². The second-order valence-electron chi connectivity index (χ2n) is 4.24. The summed E-state index contributed by atoms with van der Waals surface area (Å²) in [6, 6.07) is 7.65. The largest absolute Gasteiger partial charge is 0.465 e. The molecule has 0 bridgehead atoms. The molecule has 0 aromatic heterocycles. The Labute approximate surface area is 108 Å². The number of likely N-dealkylation sites (tertiary alicyclic amines) is 1. The van der Waals surface area contributed by atoms with E-state index in [0.29, 0.717) is 19.5 Å². The molecule has 1 heterocycles. The van der Waals surface area contributed by atoms with Crippen molar-refractivity contribution in [2.24, 2.45) is 0 Å². The first-order valence-corrected chi connectivity index (χ1v) is 6.28. The molecule has 2 unspecified atom stereocenters. The summed E-state index contributed by atoms with van der Waals surface area (Å²) in [5, 5.41) is 18.9. The molecule has 0 spiro atoms. The maximum absolute atomic E-state index is 10.9. The van der Waals surface area contributed by atoms with E-state index in [4.69, 9.17) is 5.11 Å². The molecular weight excluding hydrogens is 286 g/mol. The van der Waals surface area contributed by atoms with E-state index in [2.05, 4.69) is 15.9 Å². The van der Waals surface area contributed by atoms with Crippen LogP contribution in [0.3, 0.4) is 0 Å². The molecule has 1 aliphatic heterocycles. The summed E-state index contributed by atoms with van der Waals surface area (Å²) in [5.74, 6) is -0.132. The highest BCUT2D eigenvalue weighted by atomic mass is 79.9. The fourth-order valence-electron chi connectivity index (χ4n) is 2.15. The van der Waals surface area contributed by atoms with Crippen molar-refractivity contribution >= 4 is 22.0 Å². The molecule has 92 valence electrons. The van der Waals surface area contributed by atoms with Crippen molar-refractivity contribution in [3.63, 3.8) is 0 Å². The number of hydrogen-bond acceptors (Lipinski definition) is 2. The number of nitrogens with zero attached hydrogens (tertiary/aromatic N) is 1. The minimum atomic E-state index is -0.918. The van der Waals surface area contributed by atoms with Crippen molar-refractivity contribution in [3.8, 4) is 0 Å². The lowest BCUT2D eigenvalue weighted by molar-refractivity contribution is 0.0586. The molecule has 0 aliphatic carbocycles. The normalized spacial score (nSPS) is 24.7. The molecule has 0 radical (unpaired) electrons. The minimum Gasteiger partial charge on any atom is -0.465 e. The second kappa shape index (κ2) is 5.06. The van der Waals surface area contributed by atoms with Crippen molar-refractivity contribution < 1.29 is 15.0 Å². The molecule has 2 rings (SSSR count). The molecule has 1 aromatic carbocycles. The van der Waals surface area contributed by atoms with Gasteiger partial charge in [0.05, 0.1) is 6.10 Å². The van der Waals surface area contributed by atoms with Crippen LogP contribution < -0.4 is 0 Å². The Balaban J connectivity index is 2.17. The van der Waals surface area contributed by atoms with E-state index in [0.717, 1.165) is 10.0 Å². The van der Waals surface area contributed by atoms with Gasteiger partial charge in [-0.2, -0.15) is 0 Å². The van der Waals surface area contributed by atoms with E-state index >= 15 is 0 Å². The predicted molar refractivity (Wildman–Crippen MR) is 67.1 cm³/mol. The molecular formula is C12H14BrNO3. The summed E-state index contributed by atoms with van der Waals surface area (Å²) in [5.41, 5.74) is 0.978. The predicted octanol–water partition coefficient (Wildman–Crippen LogP) is 2.28. The Morgan fingerprint density at radius 1 is 1.35 bits per heavy atom. The van der Waals surface area contributed by atoms with Gasteiger partial charge >= 0.3 is 6.09 Å². The van der Waals surface area contributed by atoms with Gasteiger partial charge in [0.2, 0.25) is 0 Å². The number of aliphatic hydroxyl groups is 1. The number of carbonyl (C=O) groups is 1. The number of amides is 1. The average Bonchev–Trinajstić information content (AvgIpc) is 2.31. The lowest BCUT2D eigenvalue weighted by atomic mass is 9.88. The zero-order valence-corrected chi connectivity index (χ0v) is 10.8. The Morgan fingerprint density at radius 2 is 2.00 bits per heavy atom. The van der Waals surface area contributed by atoms with Crippen LogP contribution >= 0.6 is 15.9 Å². The monoisotopic (exact) mass is 299 g/mol. The Bertz CT molecular complexity index is 407. The molecule has 1 saturated heterocycles. The van der Waals surface area contributed by atoms with Gasteiger partial charge in [0.1, 0.15) is 0 Å². The maximum atomic E-state index is 10.9. The Hall–Kier alpha value is -1.07. The number of hydrogen-bond donors (Lipinski definition) is 2. The van der Waals surface area contributed by atoms with E-state index in [-0.39, 0.29) is 5.92 Å². The van der Waals surface area contributed by atoms with E-state index in [1.54, 1.807) is 0 Å². The fourth-order valence-corrected chi connectivity index (χ4v) is 2.42. The van der Waals surface area contributed by atoms with E-state index < -0.39 is 12.2 Å². The smallest absolute Gasteiger partial charge is 0.407 e. The van der Waals surface area contributed by atoms with Crippen LogP contribution in [-0.2, 0) is 0 Å². The lowest BCUT2D eigenvalue weighted by Crippen LogP contribution is -2.44. The van der Waals surface area contributed by atoms with Crippen molar-refractivity contribution in [1.29, 1.82) is 0 Å². The summed E-state index contributed by atoms with van der Waals surface area (Å²) in [6.45, 7) is 0.766. The van der Waals surface area contributed by atoms with Gasteiger partial charge in [-0.1, -0.05) is 28.1 Å². The lowest BCUT2D eigenvalue weighted by Gasteiger charge is -2.34. The number of carboxylic acid groups (broad SMARTS) is 1. The summed E-state index contributed by atoms with van der Waals surface area (Å²) in [7, 11) is 0. The first kappa shape index (κ1) is 12.4. The van der Waals surface area contributed by atoms with Crippen LogP contribution in [-0.4, -0.2) is 40.4 Å². The van der Waals surface area contributed by atoms with Crippen LogP contribution in [0.4, 0.5) is 4.79 Å². The fraction of sp³-hybridized carbons (Fsp3) is 0.417. The third-order valence-corrected chi connectivity index (χ3v) is 3.67. The number of halogens is 1. The second-order valence-corrected chi connectivity index (χ2v) is 5.16. The van der Waals surface area contributed by atoms with Gasteiger partial charge < -0.3 is 15.1 Å². The van der Waals surface area contributed by atoms with Crippen LogP contribution in [0, 0.1) is 0 Å². The molecule has 1 amide bonds. The molecule has 2 atom stereocenters. The third kappa shape index (κ3) is 2.79. The number of rotatable bonds is 1. The standard InChI is InChI=1S/C12H14BrNO3/c13-9-3-1-8(2-4-9)10-7-14(12(16)17)6-5-11(10)15/h1-4,10-11,15H,5-7H2,(H,16,17). The summed E-state index contributed by atoms with van der Waals surface area (Å²) >= 11 is 3.35. The Kier molecular flexibility index (Phi) is 3.69. The number of aliphatic hydroxyl groups excluding tert-OH is 1. The third-order valence-electron chi connectivity index (χ3n) is 3.15. The maximum Gasteiger partial charge on any atom is 0.407 e. The quantitative estimate of drug-likeness (QED) is 0.836. The van der Waals surface area contributed by atoms with Gasteiger partial charge in [-0.05, 0) is 24.1 Å². The summed E-state index contributed by atoms with van der Waals surface area (Å²) in [6.07, 6.45) is -0.890. The first-order valence-electron chi connectivity index (χ1n) is 5.49. The molecule has 4 nitrogen and oxygen atoms in total. The summed E-state index contributed by atoms with van der Waals surface area (Å²) in [4.78, 5) is 12.3.